The highest BCUT2D eigenvalue weighted by Crippen LogP contribution is 2.25. The largest absolute Gasteiger partial charge is 0.501 e. The van der Waals surface area contributed by atoms with E-state index in [4.69, 9.17) is 4.42 Å². The van der Waals surface area contributed by atoms with Crippen molar-refractivity contribution in [1.82, 2.24) is 5.32 Å². The minimum Gasteiger partial charge on any atom is -0.501 e. The average Bonchev–Trinajstić information content (AvgIpc) is 2.81. The number of amides is 1. The molecule has 5 nitrogen and oxygen atoms in total. The Bertz CT molecular complexity index is 1260. The Balaban J connectivity index is 0.00000289. The van der Waals surface area contributed by atoms with E-state index in [1.54, 1.807) is 6.92 Å². The number of aromatic hydroxyl groups is 1. The third kappa shape index (κ3) is 4.95. The van der Waals surface area contributed by atoms with Gasteiger partial charge in [-0.3, -0.25) is 9.59 Å². The second kappa shape index (κ2) is 9.79. The molecule has 4 aromatic rings. The van der Waals surface area contributed by atoms with Gasteiger partial charge in [0.25, 0.3) is 5.91 Å². The lowest BCUT2D eigenvalue weighted by Crippen LogP contribution is -2.24. The maximum absolute atomic E-state index is 12.3. The maximum atomic E-state index is 12.3. The molecule has 162 valence electrons. The van der Waals surface area contributed by atoms with Crippen LogP contribution in [-0.2, 0) is 6.54 Å². The molecule has 32 heavy (non-hydrogen) atoms. The monoisotopic (exact) mass is 427 g/mol. The number of aryl methyl sites for hydroxylation is 1. The van der Waals surface area contributed by atoms with Gasteiger partial charge in [-0.15, -0.1) is 0 Å². The zero-order valence-corrected chi connectivity index (χ0v) is 17.0. The van der Waals surface area contributed by atoms with Gasteiger partial charge in [0.05, 0.1) is 0 Å². The lowest BCUT2D eigenvalue weighted by atomic mass is 9.99. The number of hydrogen-bond donors (Lipinski definition) is 2. The maximum Gasteiger partial charge on any atom is 0.291 e. The van der Waals surface area contributed by atoms with Crippen molar-refractivity contribution >= 4 is 5.91 Å². The Kier molecular flexibility index (Phi) is 6.90. The van der Waals surface area contributed by atoms with Crippen molar-refractivity contribution in [3.05, 3.63) is 112 Å². The fourth-order valence-electron chi connectivity index (χ4n) is 3.32. The van der Waals surface area contributed by atoms with Crippen LogP contribution in [0.15, 0.2) is 94.1 Å². The zero-order valence-electron chi connectivity index (χ0n) is 17.0. The molecule has 0 aliphatic heterocycles. The van der Waals surface area contributed by atoms with Crippen LogP contribution in [-0.4, -0.2) is 11.0 Å². The van der Waals surface area contributed by atoms with Gasteiger partial charge in [-0.1, -0.05) is 86.3 Å². The van der Waals surface area contributed by atoms with E-state index in [0.29, 0.717) is 0 Å². The van der Waals surface area contributed by atoms with E-state index in [-0.39, 0.29) is 25.5 Å². The van der Waals surface area contributed by atoms with Crippen molar-refractivity contribution in [2.45, 2.75) is 20.9 Å². The molecule has 5 heteroatoms. The summed E-state index contributed by atoms with van der Waals surface area (Å²) in [4.78, 5) is 23.9. The van der Waals surface area contributed by atoms with Gasteiger partial charge in [0.1, 0.15) is 5.76 Å². The molecular formula is C27H25NO4. The van der Waals surface area contributed by atoms with E-state index in [9.17, 15) is 14.7 Å². The lowest BCUT2D eigenvalue weighted by Gasteiger charge is -2.08. The predicted octanol–water partition coefficient (Wildman–Crippen LogP) is 5.55. The van der Waals surface area contributed by atoms with Crippen LogP contribution in [0, 0.1) is 6.92 Å². The molecule has 0 saturated carbocycles. The molecule has 0 aliphatic carbocycles. The van der Waals surface area contributed by atoms with Crippen LogP contribution in [0.25, 0.3) is 22.3 Å². The molecule has 0 radical (unpaired) electrons. The number of benzene rings is 3. The summed E-state index contributed by atoms with van der Waals surface area (Å²) in [7, 11) is 0. The van der Waals surface area contributed by atoms with E-state index < -0.39 is 17.1 Å². The number of rotatable bonds is 5. The highest BCUT2D eigenvalue weighted by molar-refractivity contribution is 5.93. The minimum atomic E-state index is -0.683. The fourth-order valence-corrected chi connectivity index (χ4v) is 3.32. The SMILES string of the molecule is C.Cc1cc(=O)c(O)c(C(=O)NCc2ccc(-c3ccc(-c4ccccc4)cc3)cc2)o1. The van der Waals surface area contributed by atoms with Crippen LogP contribution >= 0.6 is 0 Å². The molecule has 0 saturated heterocycles. The molecule has 0 aliphatic rings. The quantitative estimate of drug-likeness (QED) is 0.437. The summed E-state index contributed by atoms with van der Waals surface area (Å²) in [6, 6.07) is 27.5. The number of carbonyl (C=O) groups is 1. The molecule has 3 aromatic carbocycles. The second-order valence-corrected chi connectivity index (χ2v) is 7.22. The summed E-state index contributed by atoms with van der Waals surface area (Å²) in [6.07, 6.45) is 0. The lowest BCUT2D eigenvalue weighted by molar-refractivity contribution is 0.0913. The van der Waals surface area contributed by atoms with Crippen LogP contribution in [0.2, 0.25) is 0 Å². The molecule has 1 amide bonds. The Morgan fingerprint density at radius 3 is 1.91 bits per heavy atom. The zero-order chi connectivity index (χ0) is 21.8. The Labute approximate surface area is 187 Å². The Morgan fingerprint density at radius 2 is 1.34 bits per heavy atom. The van der Waals surface area contributed by atoms with E-state index in [1.807, 2.05) is 42.5 Å². The van der Waals surface area contributed by atoms with Crippen molar-refractivity contribution in [1.29, 1.82) is 0 Å². The van der Waals surface area contributed by atoms with Gasteiger partial charge in [0.15, 0.2) is 0 Å². The van der Waals surface area contributed by atoms with E-state index in [2.05, 4.69) is 41.7 Å². The van der Waals surface area contributed by atoms with Crippen LogP contribution in [0.3, 0.4) is 0 Å². The normalized spacial score (nSPS) is 10.3. The van der Waals surface area contributed by atoms with Gasteiger partial charge in [0, 0.05) is 12.6 Å². The van der Waals surface area contributed by atoms with Crippen molar-refractivity contribution in [3.63, 3.8) is 0 Å². The topological polar surface area (TPSA) is 79.5 Å². The van der Waals surface area contributed by atoms with Gasteiger partial charge in [-0.05, 0) is 34.7 Å². The van der Waals surface area contributed by atoms with Gasteiger partial charge in [0.2, 0.25) is 16.9 Å². The molecule has 0 spiro atoms. The molecule has 0 atom stereocenters. The van der Waals surface area contributed by atoms with E-state index in [0.717, 1.165) is 28.3 Å². The molecule has 4 rings (SSSR count). The Hall–Kier alpha value is -4.12. The van der Waals surface area contributed by atoms with Crippen molar-refractivity contribution in [2.24, 2.45) is 0 Å². The highest BCUT2D eigenvalue weighted by atomic mass is 16.4. The smallest absolute Gasteiger partial charge is 0.291 e. The Morgan fingerprint density at radius 1 is 0.844 bits per heavy atom. The highest BCUT2D eigenvalue weighted by Gasteiger charge is 2.17. The van der Waals surface area contributed by atoms with Crippen LogP contribution < -0.4 is 10.7 Å². The molecule has 1 aromatic heterocycles. The molecule has 2 N–H and O–H groups in total. The third-order valence-corrected chi connectivity index (χ3v) is 4.98. The number of hydrogen-bond acceptors (Lipinski definition) is 4. The van der Waals surface area contributed by atoms with Gasteiger partial charge < -0.3 is 14.8 Å². The van der Waals surface area contributed by atoms with Crippen LogP contribution in [0.4, 0.5) is 0 Å². The first-order valence-electron chi connectivity index (χ1n) is 9.88. The number of carbonyl (C=O) groups excluding carboxylic acids is 1. The van der Waals surface area contributed by atoms with E-state index in [1.165, 1.54) is 5.56 Å². The molecule has 0 fully saturated rings. The van der Waals surface area contributed by atoms with Gasteiger partial charge >= 0.3 is 0 Å². The third-order valence-electron chi connectivity index (χ3n) is 4.98. The van der Waals surface area contributed by atoms with Crippen LogP contribution in [0.5, 0.6) is 5.75 Å². The predicted molar refractivity (Wildman–Crippen MR) is 127 cm³/mol. The summed E-state index contributed by atoms with van der Waals surface area (Å²) in [5, 5.41) is 12.4. The van der Waals surface area contributed by atoms with Crippen molar-refractivity contribution < 1.29 is 14.3 Å². The average molecular weight is 428 g/mol. The van der Waals surface area contributed by atoms with Crippen LogP contribution in [0.1, 0.15) is 29.3 Å². The summed E-state index contributed by atoms with van der Waals surface area (Å²) >= 11 is 0. The first-order valence-corrected chi connectivity index (χ1v) is 9.88. The van der Waals surface area contributed by atoms with Gasteiger partial charge in [-0.25, -0.2) is 0 Å². The molecular weight excluding hydrogens is 402 g/mol. The minimum absolute atomic E-state index is 0. The number of nitrogens with one attached hydrogen (secondary N) is 1. The first-order chi connectivity index (χ1) is 15.0. The first kappa shape index (κ1) is 22.6. The molecule has 0 bridgehead atoms. The molecule has 1 heterocycles. The fraction of sp³-hybridized carbons (Fsp3) is 0.111. The standard InChI is InChI=1S/C26H21NO4.CH4/c1-17-15-23(28)24(29)25(31-17)26(30)27-16-18-7-9-20(10-8-18)22-13-11-21(12-14-22)19-5-3-2-4-6-19;/h2-15,29H,16H2,1H3,(H,27,30);1H4. The van der Waals surface area contributed by atoms with E-state index >= 15 is 0 Å². The second-order valence-electron chi connectivity index (χ2n) is 7.22. The molecule has 0 unspecified atom stereocenters. The summed E-state index contributed by atoms with van der Waals surface area (Å²) in [5.41, 5.74) is 4.74. The van der Waals surface area contributed by atoms with Gasteiger partial charge in [-0.2, -0.15) is 0 Å². The van der Waals surface area contributed by atoms with Crippen molar-refractivity contribution in [3.8, 4) is 28.0 Å². The summed E-state index contributed by atoms with van der Waals surface area (Å²) < 4.78 is 5.20. The summed E-state index contributed by atoms with van der Waals surface area (Å²) in [6.45, 7) is 1.78. The summed E-state index contributed by atoms with van der Waals surface area (Å²) in [5.74, 6) is -1.44. The van der Waals surface area contributed by atoms with Crippen molar-refractivity contribution in [2.75, 3.05) is 0 Å².